The summed E-state index contributed by atoms with van der Waals surface area (Å²) in [6, 6.07) is 15.2. The molecule has 6 nitrogen and oxygen atoms in total. The van der Waals surface area contributed by atoms with Gasteiger partial charge in [0.2, 0.25) is 0 Å². The van der Waals surface area contributed by atoms with Crippen molar-refractivity contribution < 1.29 is 19.1 Å². The monoisotopic (exact) mass is 428 g/mol. The molecule has 0 unspecified atom stereocenters. The van der Waals surface area contributed by atoms with E-state index in [4.69, 9.17) is 14.7 Å². The summed E-state index contributed by atoms with van der Waals surface area (Å²) < 4.78 is 11.0. The standard InChI is InChI=1S/C20H17BrN2O4/c1-26-11-10-23-19(24)16(13-22)12-14-2-8-18(9-3-14)27-20(25)15-4-6-17(21)7-5-15/h2-9,12H,10-11H2,1H3,(H,23,24)/b16-12+. The lowest BCUT2D eigenvalue weighted by Gasteiger charge is -2.05. The van der Waals surface area contributed by atoms with Crippen molar-refractivity contribution in [3.05, 3.63) is 69.7 Å². The molecule has 2 aromatic rings. The molecule has 0 bridgehead atoms. The zero-order valence-electron chi connectivity index (χ0n) is 14.6. The number of benzene rings is 2. The van der Waals surface area contributed by atoms with Crippen LogP contribution in [0.4, 0.5) is 0 Å². The fraction of sp³-hybridized carbons (Fsp3) is 0.150. The second-order valence-corrected chi connectivity index (χ2v) is 6.30. The molecule has 1 amide bonds. The van der Waals surface area contributed by atoms with Crippen molar-refractivity contribution in [1.82, 2.24) is 5.32 Å². The lowest BCUT2D eigenvalue weighted by Crippen LogP contribution is -2.27. The highest BCUT2D eigenvalue weighted by atomic mass is 79.9. The van der Waals surface area contributed by atoms with Crippen LogP contribution in [0.3, 0.4) is 0 Å². The Morgan fingerprint density at radius 2 is 1.81 bits per heavy atom. The number of halogens is 1. The third kappa shape index (κ3) is 6.37. The van der Waals surface area contributed by atoms with Crippen molar-refractivity contribution in [2.45, 2.75) is 0 Å². The van der Waals surface area contributed by atoms with E-state index in [1.165, 1.54) is 13.2 Å². The van der Waals surface area contributed by atoms with E-state index < -0.39 is 11.9 Å². The van der Waals surface area contributed by atoms with E-state index in [0.29, 0.717) is 30.0 Å². The Balaban J connectivity index is 2.03. The quantitative estimate of drug-likeness (QED) is 0.240. The zero-order valence-corrected chi connectivity index (χ0v) is 16.2. The van der Waals surface area contributed by atoms with Gasteiger partial charge in [0.15, 0.2) is 0 Å². The van der Waals surface area contributed by atoms with Gasteiger partial charge >= 0.3 is 5.97 Å². The summed E-state index contributed by atoms with van der Waals surface area (Å²) in [7, 11) is 1.53. The van der Waals surface area contributed by atoms with E-state index in [1.807, 2.05) is 6.07 Å². The molecule has 7 heteroatoms. The number of ether oxygens (including phenoxy) is 2. The molecule has 0 aliphatic heterocycles. The van der Waals surface area contributed by atoms with Crippen LogP contribution >= 0.6 is 15.9 Å². The summed E-state index contributed by atoms with van der Waals surface area (Å²) >= 11 is 3.31. The first kappa shape index (κ1) is 20.4. The normalized spacial score (nSPS) is 10.8. The van der Waals surface area contributed by atoms with E-state index in [2.05, 4.69) is 21.2 Å². The average molecular weight is 429 g/mol. The number of esters is 1. The van der Waals surface area contributed by atoms with Crippen LogP contribution < -0.4 is 10.1 Å². The van der Waals surface area contributed by atoms with Gasteiger partial charge in [0.25, 0.3) is 5.91 Å². The van der Waals surface area contributed by atoms with Gasteiger partial charge in [-0.05, 0) is 48.0 Å². The number of carbonyl (C=O) groups is 2. The number of carbonyl (C=O) groups excluding carboxylic acids is 2. The molecule has 138 valence electrons. The molecule has 2 aromatic carbocycles. The molecule has 0 aromatic heterocycles. The van der Waals surface area contributed by atoms with Crippen molar-refractivity contribution in [2.24, 2.45) is 0 Å². The van der Waals surface area contributed by atoms with Crippen LogP contribution in [0.15, 0.2) is 58.6 Å². The van der Waals surface area contributed by atoms with Crippen LogP contribution in [0, 0.1) is 11.3 Å². The van der Waals surface area contributed by atoms with Gasteiger partial charge in [0.05, 0.1) is 12.2 Å². The smallest absolute Gasteiger partial charge is 0.343 e. The van der Waals surface area contributed by atoms with Crippen LogP contribution in [-0.4, -0.2) is 32.1 Å². The number of methoxy groups -OCH3 is 1. The third-order valence-corrected chi connectivity index (χ3v) is 3.97. The molecular formula is C20H17BrN2O4. The molecule has 0 saturated heterocycles. The molecule has 0 aliphatic rings. The fourth-order valence-corrected chi connectivity index (χ4v) is 2.33. The van der Waals surface area contributed by atoms with Crippen LogP contribution in [-0.2, 0) is 9.53 Å². The van der Waals surface area contributed by atoms with Crippen molar-refractivity contribution in [1.29, 1.82) is 5.26 Å². The summed E-state index contributed by atoms with van der Waals surface area (Å²) in [5.74, 6) is -0.579. The number of hydrogen-bond acceptors (Lipinski definition) is 5. The van der Waals surface area contributed by atoms with Crippen LogP contribution in [0.25, 0.3) is 6.08 Å². The van der Waals surface area contributed by atoms with Crippen molar-refractivity contribution in [3.63, 3.8) is 0 Å². The Morgan fingerprint density at radius 3 is 2.41 bits per heavy atom. The molecule has 0 fully saturated rings. The molecule has 0 spiro atoms. The first-order valence-corrected chi connectivity index (χ1v) is 8.79. The maximum absolute atomic E-state index is 12.1. The molecule has 0 saturated carbocycles. The topological polar surface area (TPSA) is 88.4 Å². The average Bonchev–Trinajstić information content (AvgIpc) is 2.68. The summed E-state index contributed by atoms with van der Waals surface area (Å²) in [5, 5.41) is 11.7. The number of hydrogen-bond donors (Lipinski definition) is 1. The predicted octanol–water partition coefficient (Wildman–Crippen LogP) is 3.34. The largest absolute Gasteiger partial charge is 0.423 e. The van der Waals surface area contributed by atoms with Gasteiger partial charge in [-0.2, -0.15) is 5.26 Å². The van der Waals surface area contributed by atoms with Gasteiger partial charge in [-0.25, -0.2) is 4.79 Å². The summed E-state index contributed by atoms with van der Waals surface area (Å²) in [6.07, 6.45) is 1.46. The molecule has 0 heterocycles. The van der Waals surface area contributed by atoms with Crippen LogP contribution in [0.5, 0.6) is 5.75 Å². The Kier molecular flexibility index (Phi) is 7.74. The second kappa shape index (κ2) is 10.3. The lowest BCUT2D eigenvalue weighted by atomic mass is 10.1. The SMILES string of the molecule is COCCNC(=O)/C(C#N)=C/c1ccc(OC(=O)c2ccc(Br)cc2)cc1. The minimum absolute atomic E-state index is 0.0225. The van der Waals surface area contributed by atoms with Crippen LogP contribution in [0.1, 0.15) is 15.9 Å². The van der Waals surface area contributed by atoms with E-state index in [9.17, 15) is 9.59 Å². The Hall–Kier alpha value is -2.95. The van der Waals surface area contributed by atoms with Gasteiger partial charge in [0.1, 0.15) is 17.4 Å². The van der Waals surface area contributed by atoms with Gasteiger partial charge in [-0.1, -0.05) is 28.1 Å². The minimum atomic E-state index is -0.472. The highest BCUT2D eigenvalue weighted by Gasteiger charge is 2.10. The molecule has 0 radical (unpaired) electrons. The van der Waals surface area contributed by atoms with Gasteiger partial charge in [-0.15, -0.1) is 0 Å². The second-order valence-electron chi connectivity index (χ2n) is 5.38. The molecule has 0 aliphatic carbocycles. The lowest BCUT2D eigenvalue weighted by molar-refractivity contribution is -0.117. The number of rotatable bonds is 7. The Bertz CT molecular complexity index is 868. The highest BCUT2D eigenvalue weighted by Crippen LogP contribution is 2.17. The fourth-order valence-electron chi connectivity index (χ4n) is 2.06. The molecule has 27 heavy (non-hydrogen) atoms. The van der Waals surface area contributed by atoms with Crippen LogP contribution in [0.2, 0.25) is 0 Å². The zero-order chi connectivity index (χ0) is 19.6. The third-order valence-electron chi connectivity index (χ3n) is 3.44. The summed E-state index contributed by atoms with van der Waals surface area (Å²) in [5.41, 5.74) is 1.05. The Morgan fingerprint density at radius 1 is 1.15 bits per heavy atom. The first-order chi connectivity index (χ1) is 13.0. The molecule has 1 N–H and O–H groups in total. The summed E-state index contributed by atoms with van der Waals surface area (Å²) in [6.45, 7) is 0.683. The van der Waals surface area contributed by atoms with Crippen molar-refractivity contribution >= 4 is 33.9 Å². The maximum atomic E-state index is 12.1. The predicted molar refractivity (Wildman–Crippen MR) is 104 cm³/mol. The number of nitriles is 1. The minimum Gasteiger partial charge on any atom is -0.423 e. The van der Waals surface area contributed by atoms with Crippen molar-refractivity contribution in [3.8, 4) is 11.8 Å². The van der Waals surface area contributed by atoms with E-state index in [1.54, 1.807) is 48.5 Å². The number of amides is 1. The number of nitrogens with one attached hydrogen (secondary N) is 1. The van der Waals surface area contributed by atoms with E-state index in [0.717, 1.165) is 4.47 Å². The van der Waals surface area contributed by atoms with Crippen molar-refractivity contribution in [2.75, 3.05) is 20.3 Å². The molecule has 2 rings (SSSR count). The maximum Gasteiger partial charge on any atom is 0.343 e. The first-order valence-electron chi connectivity index (χ1n) is 8.00. The number of nitrogens with zero attached hydrogens (tertiary/aromatic N) is 1. The van der Waals surface area contributed by atoms with Gasteiger partial charge in [0, 0.05) is 18.1 Å². The van der Waals surface area contributed by atoms with Gasteiger partial charge in [-0.3, -0.25) is 4.79 Å². The molecular weight excluding hydrogens is 412 g/mol. The summed E-state index contributed by atoms with van der Waals surface area (Å²) in [4.78, 5) is 24.0. The van der Waals surface area contributed by atoms with Gasteiger partial charge < -0.3 is 14.8 Å². The van der Waals surface area contributed by atoms with E-state index >= 15 is 0 Å². The Labute approximate surface area is 165 Å². The molecule has 0 atom stereocenters. The van der Waals surface area contributed by atoms with E-state index in [-0.39, 0.29) is 5.57 Å². The highest BCUT2D eigenvalue weighted by molar-refractivity contribution is 9.10.